The predicted molar refractivity (Wildman–Crippen MR) is 76.1 cm³/mol. The van der Waals surface area contributed by atoms with Crippen molar-refractivity contribution in [2.45, 2.75) is 52.0 Å². The van der Waals surface area contributed by atoms with Crippen LogP contribution in [0.25, 0.3) is 0 Å². The molecule has 0 fully saturated rings. The zero-order valence-electron chi connectivity index (χ0n) is 10.5. The Bertz CT molecular complexity index is 342. The first-order valence-corrected chi connectivity index (χ1v) is 7.00. The van der Waals surface area contributed by atoms with Crippen LogP contribution in [0.3, 0.4) is 0 Å². The van der Waals surface area contributed by atoms with Crippen LogP contribution >= 0.6 is 23.2 Å². The Morgan fingerprint density at radius 3 is 2.59 bits per heavy atom. The summed E-state index contributed by atoms with van der Waals surface area (Å²) in [5, 5.41) is 4.57. The zero-order valence-corrected chi connectivity index (χ0v) is 12.0. The Morgan fingerprint density at radius 1 is 1.24 bits per heavy atom. The number of nitrogens with one attached hydrogen (secondary N) is 1. The Hall–Kier alpha value is -0.470. The van der Waals surface area contributed by atoms with Crippen LogP contribution in [-0.2, 0) is 0 Å². The smallest absolute Gasteiger partial charge is 0.145 e. The van der Waals surface area contributed by atoms with E-state index < -0.39 is 0 Å². The van der Waals surface area contributed by atoms with Gasteiger partial charge in [-0.2, -0.15) is 0 Å². The Labute approximate surface area is 114 Å². The first kappa shape index (κ1) is 14.6. The molecule has 1 heterocycles. The molecule has 4 heteroatoms. The molecule has 2 nitrogen and oxygen atoms in total. The van der Waals surface area contributed by atoms with Gasteiger partial charge in [0, 0.05) is 12.2 Å². The second-order valence-corrected chi connectivity index (χ2v) is 5.10. The van der Waals surface area contributed by atoms with E-state index in [4.69, 9.17) is 23.2 Å². The van der Waals surface area contributed by atoms with Crippen LogP contribution in [0.15, 0.2) is 12.3 Å². The Kier molecular flexibility index (Phi) is 6.68. The lowest BCUT2D eigenvalue weighted by molar-refractivity contribution is 0.563. The van der Waals surface area contributed by atoms with Crippen molar-refractivity contribution in [3.05, 3.63) is 22.3 Å². The standard InChI is InChI=1S/C13H20Cl2N2/c1-3-5-7-11(6-4-2)17-13-12(15)8-10(14)9-16-13/h8-9,11H,3-7H2,1-2H3,(H,16,17). The normalized spacial score (nSPS) is 12.5. The molecule has 0 saturated carbocycles. The minimum Gasteiger partial charge on any atom is -0.366 e. The van der Waals surface area contributed by atoms with Gasteiger partial charge in [0.15, 0.2) is 0 Å². The third-order valence-electron chi connectivity index (χ3n) is 2.69. The van der Waals surface area contributed by atoms with Gasteiger partial charge >= 0.3 is 0 Å². The highest BCUT2D eigenvalue weighted by molar-refractivity contribution is 6.35. The number of halogens is 2. The van der Waals surface area contributed by atoms with E-state index in [1.807, 2.05) is 0 Å². The van der Waals surface area contributed by atoms with Gasteiger partial charge in [-0.3, -0.25) is 0 Å². The minimum atomic E-state index is 0.450. The fraction of sp³-hybridized carbons (Fsp3) is 0.615. The second-order valence-electron chi connectivity index (χ2n) is 4.26. The summed E-state index contributed by atoms with van der Waals surface area (Å²) in [5.74, 6) is 0.741. The largest absolute Gasteiger partial charge is 0.366 e. The predicted octanol–water partition coefficient (Wildman–Crippen LogP) is 5.16. The summed E-state index contributed by atoms with van der Waals surface area (Å²) in [6, 6.07) is 2.17. The maximum Gasteiger partial charge on any atom is 0.145 e. The van der Waals surface area contributed by atoms with Gasteiger partial charge in [0.2, 0.25) is 0 Å². The third kappa shape index (κ3) is 5.13. The molecular formula is C13H20Cl2N2. The molecule has 0 aromatic carbocycles. The summed E-state index contributed by atoms with van der Waals surface area (Å²) < 4.78 is 0. The van der Waals surface area contributed by atoms with Gasteiger partial charge < -0.3 is 5.32 Å². The molecule has 0 bridgehead atoms. The molecule has 1 atom stereocenters. The number of hydrogen-bond acceptors (Lipinski definition) is 2. The van der Waals surface area contributed by atoms with E-state index in [-0.39, 0.29) is 0 Å². The lowest BCUT2D eigenvalue weighted by Gasteiger charge is -2.19. The average molecular weight is 275 g/mol. The van der Waals surface area contributed by atoms with Gasteiger partial charge in [0.25, 0.3) is 0 Å². The SMILES string of the molecule is CCCCC(CCC)Nc1ncc(Cl)cc1Cl. The fourth-order valence-electron chi connectivity index (χ4n) is 1.80. The lowest BCUT2D eigenvalue weighted by Crippen LogP contribution is -2.20. The van der Waals surface area contributed by atoms with Gasteiger partial charge in [-0.1, -0.05) is 56.3 Å². The number of unbranched alkanes of at least 4 members (excludes halogenated alkanes) is 1. The summed E-state index contributed by atoms with van der Waals surface area (Å²) in [5.41, 5.74) is 0. The molecule has 0 saturated heterocycles. The topological polar surface area (TPSA) is 24.9 Å². The van der Waals surface area contributed by atoms with Crippen LogP contribution in [0.5, 0.6) is 0 Å². The highest BCUT2D eigenvalue weighted by atomic mass is 35.5. The van der Waals surface area contributed by atoms with Crippen molar-refractivity contribution in [1.29, 1.82) is 0 Å². The van der Waals surface area contributed by atoms with Crippen LogP contribution in [0.1, 0.15) is 46.0 Å². The number of aromatic nitrogens is 1. The van der Waals surface area contributed by atoms with Crippen molar-refractivity contribution in [1.82, 2.24) is 4.98 Å². The highest BCUT2D eigenvalue weighted by Crippen LogP contribution is 2.24. The number of pyridine rings is 1. The maximum atomic E-state index is 6.10. The molecule has 0 aliphatic rings. The van der Waals surface area contributed by atoms with Crippen molar-refractivity contribution >= 4 is 29.0 Å². The van der Waals surface area contributed by atoms with Gasteiger partial charge in [-0.05, 0) is 18.9 Å². The summed E-state index contributed by atoms with van der Waals surface area (Å²) in [6.45, 7) is 4.40. The fourth-order valence-corrected chi connectivity index (χ4v) is 2.24. The van der Waals surface area contributed by atoms with E-state index >= 15 is 0 Å². The number of rotatable bonds is 7. The van der Waals surface area contributed by atoms with Crippen LogP contribution in [0.4, 0.5) is 5.82 Å². The van der Waals surface area contributed by atoms with Crippen LogP contribution in [0.2, 0.25) is 10.0 Å². The summed E-state index contributed by atoms with van der Waals surface area (Å²) in [6.07, 6.45) is 7.52. The van der Waals surface area contributed by atoms with E-state index in [2.05, 4.69) is 24.1 Å². The van der Waals surface area contributed by atoms with Crippen LogP contribution in [0, 0.1) is 0 Å². The van der Waals surface area contributed by atoms with E-state index in [0.29, 0.717) is 16.1 Å². The van der Waals surface area contributed by atoms with Gasteiger partial charge in [-0.15, -0.1) is 0 Å². The molecule has 0 aliphatic heterocycles. The van der Waals surface area contributed by atoms with Gasteiger partial charge in [0.05, 0.1) is 10.0 Å². The summed E-state index contributed by atoms with van der Waals surface area (Å²) in [7, 11) is 0. The molecule has 96 valence electrons. The average Bonchev–Trinajstić information content (AvgIpc) is 2.29. The molecule has 1 aromatic heterocycles. The van der Waals surface area contributed by atoms with Crippen molar-refractivity contribution in [2.24, 2.45) is 0 Å². The van der Waals surface area contributed by atoms with E-state index in [1.54, 1.807) is 12.3 Å². The molecule has 1 aromatic rings. The van der Waals surface area contributed by atoms with Gasteiger partial charge in [-0.25, -0.2) is 4.98 Å². The molecule has 0 radical (unpaired) electrons. The van der Waals surface area contributed by atoms with Crippen molar-refractivity contribution < 1.29 is 0 Å². The number of nitrogens with zero attached hydrogens (tertiary/aromatic N) is 1. The molecule has 0 amide bonds. The molecule has 1 rings (SSSR count). The molecule has 17 heavy (non-hydrogen) atoms. The highest BCUT2D eigenvalue weighted by Gasteiger charge is 2.10. The van der Waals surface area contributed by atoms with Crippen molar-refractivity contribution in [3.63, 3.8) is 0 Å². The van der Waals surface area contributed by atoms with E-state index in [0.717, 1.165) is 25.1 Å². The lowest BCUT2D eigenvalue weighted by atomic mass is 10.1. The summed E-state index contributed by atoms with van der Waals surface area (Å²) in [4.78, 5) is 4.23. The molecular weight excluding hydrogens is 255 g/mol. The Balaban J connectivity index is 2.64. The Morgan fingerprint density at radius 2 is 2.00 bits per heavy atom. The van der Waals surface area contributed by atoms with Crippen LogP contribution in [-0.4, -0.2) is 11.0 Å². The third-order valence-corrected chi connectivity index (χ3v) is 3.19. The quantitative estimate of drug-likeness (QED) is 0.743. The van der Waals surface area contributed by atoms with Crippen LogP contribution < -0.4 is 5.32 Å². The first-order valence-electron chi connectivity index (χ1n) is 6.25. The number of anilines is 1. The van der Waals surface area contributed by atoms with Crippen molar-refractivity contribution in [2.75, 3.05) is 5.32 Å². The molecule has 1 unspecified atom stereocenters. The van der Waals surface area contributed by atoms with Gasteiger partial charge in [0.1, 0.15) is 5.82 Å². The second kappa shape index (κ2) is 7.78. The van der Waals surface area contributed by atoms with E-state index in [1.165, 1.54) is 12.8 Å². The first-order chi connectivity index (χ1) is 8.17. The number of hydrogen-bond donors (Lipinski definition) is 1. The summed E-state index contributed by atoms with van der Waals surface area (Å²) >= 11 is 11.9. The zero-order chi connectivity index (χ0) is 12.7. The maximum absolute atomic E-state index is 6.10. The molecule has 0 spiro atoms. The van der Waals surface area contributed by atoms with E-state index in [9.17, 15) is 0 Å². The molecule has 1 N–H and O–H groups in total. The minimum absolute atomic E-state index is 0.450. The molecule has 0 aliphatic carbocycles. The van der Waals surface area contributed by atoms with Crippen molar-refractivity contribution in [3.8, 4) is 0 Å². The monoisotopic (exact) mass is 274 g/mol.